The molecule has 1 aliphatic rings. The van der Waals surface area contributed by atoms with Crippen LogP contribution < -0.4 is 10.2 Å². The highest BCUT2D eigenvalue weighted by Crippen LogP contribution is 2.31. The summed E-state index contributed by atoms with van der Waals surface area (Å²) >= 11 is 0. The number of rotatable bonds is 4. The van der Waals surface area contributed by atoms with Crippen molar-refractivity contribution in [2.24, 2.45) is 0 Å². The number of benzene rings is 1. The Kier molecular flexibility index (Phi) is 4.03. The maximum absolute atomic E-state index is 4.74. The highest BCUT2D eigenvalue weighted by atomic mass is 15.1. The summed E-state index contributed by atoms with van der Waals surface area (Å²) in [6, 6.07) is 12.8. The van der Waals surface area contributed by atoms with Crippen molar-refractivity contribution >= 4 is 22.3 Å². The minimum atomic E-state index is 0.768. The van der Waals surface area contributed by atoms with Gasteiger partial charge in [-0.1, -0.05) is 6.07 Å². The molecule has 4 rings (SSSR count). The predicted octanol–water partition coefficient (Wildman–Crippen LogP) is 4.15. The largest absolute Gasteiger partial charge is 0.381 e. The fraction of sp³-hybridized carbons (Fsp3) is 0.300. The molecule has 0 aliphatic carbocycles. The van der Waals surface area contributed by atoms with Crippen LogP contribution in [0.2, 0.25) is 0 Å². The Morgan fingerprint density at radius 3 is 2.79 bits per heavy atom. The molecule has 1 saturated heterocycles. The maximum atomic E-state index is 4.74. The average Bonchev–Trinajstić information content (AvgIpc) is 3.14. The van der Waals surface area contributed by atoms with Crippen LogP contribution in [0.1, 0.15) is 24.1 Å². The van der Waals surface area contributed by atoms with Gasteiger partial charge in [-0.15, -0.1) is 0 Å². The van der Waals surface area contributed by atoms with Crippen molar-refractivity contribution in [1.82, 2.24) is 9.97 Å². The zero-order chi connectivity index (χ0) is 16.4. The summed E-state index contributed by atoms with van der Waals surface area (Å²) in [5, 5.41) is 4.71. The van der Waals surface area contributed by atoms with Gasteiger partial charge in [0.05, 0.1) is 5.52 Å². The van der Waals surface area contributed by atoms with Crippen LogP contribution in [0.15, 0.2) is 48.8 Å². The zero-order valence-corrected chi connectivity index (χ0v) is 14.0. The monoisotopic (exact) mass is 318 g/mol. The van der Waals surface area contributed by atoms with Gasteiger partial charge in [-0.05, 0) is 55.7 Å². The maximum Gasteiger partial charge on any atom is 0.0746 e. The van der Waals surface area contributed by atoms with Crippen LogP contribution in [-0.4, -0.2) is 23.1 Å². The van der Waals surface area contributed by atoms with Gasteiger partial charge in [0, 0.05) is 54.5 Å². The lowest BCUT2D eigenvalue weighted by Gasteiger charge is -2.20. The first-order valence-corrected chi connectivity index (χ1v) is 8.59. The summed E-state index contributed by atoms with van der Waals surface area (Å²) in [7, 11) is 0. The molecular weight excluding hydrogens is 296 g/mol. The van der Waals surface area contributed by atoms with Crippen LogP contribution in [-0.2, 0) is 6.54 Å². The van der Waals surface area contributed by atoms with Gasteiger partial charge in [-0.2, -0.15) is 0 Å². The van der Waals surface area contributed by atoms with Crippen LogP contribution in [0.5, 0.6) is 0 Å². The van der Waals surface area contributed by atoms with Crippen LogP contribution in [0.3, 0.4) is 0 Å². The quantitative estimate of drug-likeness (QED) is 0.784. The Morgan fingerprint density at radius 1 is 1.12 bits per heavy atom. The fourth-order valence-electron chi connectivity index (χ4n) is 3.38. The molecule has 0 bridgehead atoms. The number of pyridine rings is 2. The second kappa shape index (κ2) is 6.48. The molecule has 1 fully saturated rings. The van der Waals surface area contributed by atoms with E-state index in [0.717, 1.165) is 36.5 Å². The number of aryl methyl sites for hydroxylation is 1. The normalized spacial score (nSPS) is 14.3. The van der Waals surface area contributed by atoms with Crippen LogP contribution in [0, 0.1) is 6.92 Å². The number of hydrogen-bond donors (Lipinski definition) is 1. The molecule has 0 atom stereocenters. The first kappa shape index (κ1) is 14.9. The topological polar surface area (TPSA) is 41.0 Å². The lowest BCUT2D eigenvalue weighted by Crippen LogP contribution is -2.18. The molecule has 3 heterocycles. The number of aromatic nitrogens is 2. The van der Waals surface area contributed by atoms with E-state index in [-0.39, 0.29) is 0 Å². The fourth-order valence-corrected chi connectivity index (χ4v) is 3.38. The molecule has 1 aromatic carbocycles. The smallest absolute Gasteiger partial charge is 0.0746 e. The SMILES string of the molecule is Cc1cc(N2CCCC2)c2ccc(NCc3cccnc3)cc2n1. The Balaban J connectivity index is 1.63. The molecule has 4 heteroatoms. The van der Waals surface area contributed by atoms with E-state index in [1.54, 1.807) is 6.20 Å². The molecule has 0 amide bonds. The summed E-state index contributed by atoms with van der Waals surface area (Å²) in [4.78, 5) is 11.4. The number of nitrogens with one attached hydrogen (secondary N) is 1. The van der Waals surface area contributed by atoms with Gasteiger partial charge in [0.15, 0.2) is 0 Å². The van der Waals surface area contributed by atoms with Crippen molar-refractivity contribution in [2.75, 3.05) is 23.3 Å². The molecule has 2 aromatic heterocycles. The number of anilines is 2. The van der Waals surface area contributed by atoms with Crippen molar-refractivity contribution in [3.8, 4) is 0 Å². The molecule has 0 unspecified atom stereocenters. The third kappa shape index (κ3) is 3.04. The molecule has 24 heavy (non-hydrogen) atoms. The third-order valence-corrected chi connectivity index (χ3v) is 4.58. The Hall–Kier alpha value is -2.62. The lowest BCUT2D eigenvalue weighted by molar-refractivity contribution is 0.949. The standard InChI is InChI=1S/C20H22N4/c1-15-11-20(24-9-2-3-10-24)18-7-6-17(12-19(18)23-15)22-14-16-5-4-8-21-13-16/h4-8,11-13,22H,2-3,9-10,14H2,1H3. The molecule has 4 nitrogen and oxygen atoms in total. The second-order valence-electron chi connectivity index (χ2n) is 6.42. The van der Waals surface area contributed by atoms with Crippen molar-refractivity contribution < 1.29 is 0 Å². The molecule has 122 valence electrons. The van der Waals surface area contributed by atoms with Crippen molar-refractivity contribution in [1.29, 1.82) is 0 Å². The third-order valence-electron chi connectivity index (χ3n) is 4.58. The highest BCUT2D eigenvalue weighted by molar-refractivity contribution is 5.94. The van der Waals surface area contributed by atoms with Gasteiger partial charge in [0.25, 0.3) is 0 Å². The van der Waals surface area contributed by atoms with Crippen molar-refractivity contribution in [3.63, 3.8) is 0 Å². The van der Waals surface area contributed by atoms with Crippen molar-refractivity contribution in [2.45, 2.75) is 26.3 Å². The van der Waals surface area contributed by atoms with E-state index in [0.29, 0.717) is 0 Å². The minimum Gasteiger partial charge on any atom is -0.381 e. The number of nitrogens with zero attached hydrogens (tertiary/aromatic N) is 3. The summed E-state index contributed by atoms with van der Waals surface area (Å²) in [5.74, 6) is 0. The van der Waals surface area contributed by atoms with Crippen LogP contribution in [0.25, 0.3) is 10.9 Å². The van der Waals surface area contributed by atoms with E-state index < -0.39 is 0 Å². The van der Waals surface area contributed by atoms with E-state index in [1.165, 1.54) is 29.5 Å². The first-order valence-electron chi connectivity index (χ1n) is 8.59. The molecular formula is C20H22N4. The van der Waals surface area contributed by atoms with E-state index >= 15 is 0 Å². The molecule has 1 aliphatic heterocycles. The first-order chi connectivity index (χ1) is 11.8. The van der Waals surface area contributed by atoms with Gasteiger partial charge in [-0.3, -0.25) is 9.97 Å². The predicted molar refractivity (Wildman–Crippen MR) is 99.5 cm³/mol. The summed E-state index contributed by atoms with van der Waals surface area (Å²) in [6.07, 6.45) is 6.26. The summed E-state index contributed by atoms with van der Waals surface area (Å²) in [6.45, 7) is 5.15. The van der Waals surface area contributed by atoms with Gasteiger partial charge in [-0.25, -0.2) is 0 Å². The minimum absolute atomic E-state index is 0.768. The molecule has 3 aromatic rings. The van der Waals surface area contributed by atoms with Crippen molar-refractivity contribution in [3.05, 3.63) is 60.0 Å². The zero-order valence-electron chi connectivity index (χ0n) is 14.0. The Bertz CT molecular complexity index is 839. The van der Waals surface area contributed by atoms with Gasteiger partial charge in [0.1, 0.15) is 0 Å². The molecule has 0 spiro atoms. The summed E-state index contributed by atoms with van der Waals surface area (Å²) < 4.78 is 0. The van der Waals surface area contributed by atoms with Gasteiger partial charge < -0.3 is 10.2 Å². The summed E-state index contributed by atoms with van der Waals surface area (Å²) in [5.41, 5.74) is 5.74. The lowest BCUT2D eigenvalue weighted by atomic mass is 10.1. The van der Waals surface area contributed by atoms with E-state index in [9.17, 15) is 0 Å². The van der Waals surface area contributed by atoms with E-state index in [4.69, 9.17) is 4.98 Å². The number of hydrogen-bond acceptors (Lipinski definition) is 4. The van der Waals surface area contributed by atoms with Gasteiger partial charge in [0.2, 0.25) is 0 Å². The second-order valence-corrected chi connectivity index (χ2v) is 6.42. The molecule has 0 radical (unpaired) electrons. The molecule has 1 N–H and O–H groups in total. The van der Waals surface area contributed by atoms with Gasteiger partial charge >= 0.3 is 0 Å². The average molecular weight is 318 g/mol. The van der Waals surface area contributed by atoms with E-state index in [2.05, 4.69) is 52.5 Å². The van der Waals surface area contributed by atoms with Crippen LogP contribution in [0.4, 0.5) is 11.4 Å². The van der Waals surface area contributed by atoms with Crippen LogP contribution >= 0.6 is 0 Å². The Labute approximate surface area is 142 Å². The van der Waals surface area contributed by atoms with E-state index in [1.807, 2.05) is 12.3 Å². The number of fused-ring (bicyclic) bond motifs is 1. The Morgan fingerprint density at radius 2 is 2.00 bits per heavy atom. The molecule has 0 saturated carbocycles. The highest BCUT2D eigenvalue weighted by Gasteiger charge is 2.16.